The summed E-state index contributed by atoms with van der Waals surface area (Å²) in [5, 5.41) is 19.1. The van der Waals surface area contributed by atoms with E-state index in [0.717, 1.165) is 0 Å². The summed E-state index contributed by atoms with van der Waals surface area (Å²) < 4.78 is 7.06. The van der Waals surface area contributed by atoms with E-state index in [1.807, 2.05) is 0 Å². The molecule has 19 heavy (non-hydrogen) atoms. The largest absolute Gasteiger partial charge is 0.394 e. The third-order valence-corrected chi connectivity index (χ3v) is 3.48. The summed E-state index contributed by atoms with van der Waals surface area (Å²) in [5.41, 5.74) is 0.917. The van der Waals surface area contributed by atoms with Gasteiger partial charge in [0.2, 0.25) is 10.6 Å². The van der Waals surface area contributed by atoms with Crippen molar-refractivity contribution in [3.05, 3.63) is 16.8 Å². The number of rotatable bonds is 2. The van der Waals surface area contributed by atoms with E-state index in [1.54, 1.807) is 0 Å². The molecule has 3 atom stereocenters. The van der Waals surface area contributed by atoms with Crippen molar-refractivity contribution in [3.8, 4) is 0 Å². The molecule has 0 bridgehead atoms. The Kier molecular flexibility index (Phi) is 3.32. The minimum absolute atomic E-state index is 0.0718. The number of aliphatic hydroxyl groups excluding tert-OH is 2. The van der Waals surface area contributed by atoms with Crippen LogP contribution < -0.4 is 0 Å². The molecule has 0 saturated carbocycles. The van der Waals surface area contributed by atoms with Gasteiger partial charge in [-0.1, -0.05) is 0 Å². The summed E-state index contributed by atoms with van der Waals surface area (Å²) in [6, 6.07) is 0. The van der Waals surface area contributed by atoms with Gasteiger partial charge >= 0.3 is 0 Å². The fourth-order valence-electron chi connectivity index (χ4n) is 2.14. The molecule has 0 radical (unpaired) electrons. The van der Waals surface area contributed by atoms with Crippen molar-refractivity contribution >= 4 is 34.4 Å². The summed E-state index contributed by atoms with van der Waals surface area (Å²) in [5.74, 6) is 0. The minimum Gasteiger partial charge on any atom is -0.394 e. The zero-order valence-electron chi connectivity index (χ0n) is 9.57. The van der Waals surface area contributed by atoms with Gasteiger partial charge in [0.05, 0.1) is 18.9 Å². The number of aromatic nitrogens is 4. The molecule has 7 nitrogen and oxygen atoms in total. The number of hydrogen-bond donors (Lipinski definition) is 2. The lowest BCUT2D eigenvalue weighted by Crippen LogP contribution is -2.24. The van der Waals surface area contributed by atoms with E-state index >= 15 is 0 Å². The molecule has 2 aromatic heterocycles. The van der Waals surface area contributed by atoms with Gasteiger partial charge in [-0.15, -0.1) is 0 Å². The van der Waals surface area contributed by atoms with E-state index in [4.69, 9.17) is 33.0 Å². The molecule has 0 unspecified atom stereocenters. The van der Waals surface area contributed by atoms with Crippen LogP contribution in [-0.2, 0) is 4.74 Å². The van der Waals surface area contributed by atoms with Gasteiger partial charge in [-0.2, -0.15) is 4.98 Å². The van der Waals surface area contributed by atoms with Crippen molar-refractivity contribution in [3.63, 3.8) is 0 Å². The maximum absolute atomic E-state index is 9.76. The number of aliphatic hydroxyl groups is 2. The highest BCUT2D eigenvalue weighted by molar-refractivity contribution is 6.29. The van der Waals surface area contributed by atoms with Crippen LogP contribution in [0.1, 0.15) is 12.6 Å². The van der Waals surface area contributed by atoms with Crippen molar-refractivity contribution < 1.29 is 14.9 Å². The molecule has 0 aliphatic carbocycles. The summed E-state index contributed by atoms with van der Waals surface area (Å²) >= 11 is 11.8. The summed E-state index contributed by atoms with van der Waals surface area (Å²) in [6.07, 6.45) is -0.202. The normalized spacial score (nSPS) is 27.3. The highest BCUT2D eigenvalue weighted by Crippen LogP contribution is 2.33. The molecule has 1 aliphatic heterocycles. The Balaban J connectivity index is 2.05. The molecule has 1 fully saturated rings. The van der Waals surface area contributed by atoms with E-state index in [0.29, 0.717) is 11.2 Å². The molecule has 102 valence electrons. The molecule has 2 N–H and O–H groups in total. The summed E-state index contributed by atoms with van der Waals surface area (Å²) in [7, 11) is 0. The maximum Gasteiger partial charge on any atom is 0.224 e. The number of hydrogen-bond acceptors (Lipinski definition) is 6. The van der Waals surface area contributed by atoms with E-state index in [2.05, 4.69) is 15.0 Å². The third-order valence-electron chi connectivity index (χ3n) is 3.03. The molecule has 0 aromatic carbocycles. The molecule has 0 spiro atoms. The average molecular weight is 305 g/mol. The Hall–Kier alpha value is -0.990. The lowest BCUT2D eigenvalue weighted by molar-refractivity contribution is -0.0431. The van der Waals surface area contributed by atoms with E-state index in [-0.39, 0.29) is 23.6 Å². The van der Waals surface area contributed by atoms with Gasteiger partial charge in [-0.05, 0) is 23.2 Å². The van der Waals surface area contributed by atoms with Crippen LogP contribution in [-0.4, -0.2) is 48.5 Å². The molecule has 9 heteroatoms. The predicted octanol–water partition coefficient (Wildman–Crippen LogP) is 0.774. The van der Waals surface area contributed by atoms with Gasteiger partial charge in [-0.25, -0.2) is 9.97 Å². The Morgan fingerprint density at radius 1 is 1.42 bits per heavy atom. The second kappa shape index (κ2) is 4.84. The smallest absolute Gasteiger partial charge is 0.224 e. The first-order valence-electron chi connectivity index (χ1n) is 5.60. The van der Waals surface area contributed by atoms with Crippen molar-refractivity contribution in [1.29, 1.82) is 0 Å². The minimum atomic E-state index is -0.763. The Labute approximate surface area is 117 Å². The van der Waals surface area contributed by atoms with Crippen molar-refractivity contribution in [2.75, 3.05) is 6.61 Å². The number of halogens is 2. The standard InChI is InChI=1S/C10H10Cl2N4O3/c11-9-13-2-4-8(15-9)16(10(12)14-4)7-1-5(18)6(3-17)19-7/h2,5-7,17-18H,1,3H2/t5-,6+,7+/m1/s1. The third kappa shape index (κ3) is 2.17. The van der Waals surface area contributed by atoms with E-state index in [9.17, 15) is 5.11 Å². The molecule has 3 rings (SSSR count). The zero-order chi connectivity index (χ0) is 13.6. The average Bonchev–Trinajstić information content (AvgIpc) is 2.88. The second-order valence-corrected chi connectivity index (χ2v) is 4.89. The molecular weight excluding hydrogens is 295 g/mol. The van der Waals surface area contributed by atoms with Crippen molar-refractivity contribution in [1.82, 2.24) is 19.5 Å². The monoisotopic (exact) mass is 304 g/mol. The zero-order valence-corrected chi connectivity index (χ0v) is 11.1. The van der Waals surface area contributed by atoms with Gasteiger partial charge in [0.25, 0.3) is 0 Å². The predicted molar refractivity (Wildman–Crippen MR) is 67.0 cm³/mol. The molecule has 3 heterocycles. The first-order valence-corrected chi connectivity index (χ1v) is 6.36. The van der Waals surface area contributed by atoms with Gasteiger partial charge in [0.15, 0.2) is 5.65 Å². The summed E-state index contributed by atoms with van der Waals surface area (Å²) in [6.45, 7) is -0.266. The maximum atomic E-state index is 9.76. The Morgan fingerprint density at radius 3 is 2.89 bits per heavy atom. The quantitative estimate of drug-likeness (QED) is 0.629. The topological polar surface area (TPSA) is 93.3 Å². The highest BCUT2D eigenvalue weighted by Gasteiger charge is 2.36. The van der Waals surface area contributed by atoms with Crippen LogP contribution in [0.3, 0.4) is 0 Å². The summed E-state index contributed by atoms with van der Waals surface area (Å²) in [4.78, 5) is 12.0. The molecular formula is C10H10Cl2N4O3. The van der Waals surface area contributed by atoms with Gasteiger partial charge in [0.1, 0.15) is 17.8 Å². The highest BCUT2D eigenvalue weighted by atomic mass is 35.5. The lowest BCUT2D eigenvalue weighted by Gasteiger charge is -2.14. The van der Waals surface area contributed by atoms with E-state index < -0.39 is 18.4 Å². The Morgan fingerprint density at radius 2 is 2.21 bits per heavy atom. The molecule has 0 amide bonds. The van der Waals surface area contributed by atoms with Crippen LogP contribution in [0.15, 0.2) is 6.20 Å². The van der Waals surface area contributed by atoms with Crippen molar-refractivity contribution in [2.24, 2.45) is 0 Å². The SMILES string of the molecule is OC[C@@H]1O[C@H](n2c(Cl)nc3cnc(Cl)nc32)C[C@H]1O. The lowest BCUT2D eigenvalue weighted by atomic mass is 10.2. The van der Waals surface area contributed by atoms with Gasteiger partial charge in [-0.3, -0.25) is 4.57 Å². The van der Waals surface area contributed by atoms with Gasteiger partial charge in [0, 0.05) is 6.42 Å². The van der Waals surface area contributed by atoms with Crippen LogP contribution in [0.5, 0.6) is 0 Å². The van der Waals surface area contributed by atoms with Crippen LogP contribution >= 0.6 is 23.2 Å². The first-order chi connectivity index (χ1) is 9.10. The number of imidazole rings is 1. The second-order valence-electron chi connectivity index (χ2n) is 4.21. The van der Waals surface area contributed by atoms with Crippen molar-refractivity contribution in [2.45, 2.75) is 24.9 Å². The Bertz CT molecular complexity index is 620. The van der Waals surface area contributed by atoms with Crippen LogP contribution in [0, 0.1) is 0 Å². The number of ether oxygens (including phenoxy) is 1. The van der Waals surface area contributed by atoms with E-state index in [1.165, 1.54) is 10.8 Å². The fourth-order valence-corrected chi connectivity index (χ4v) is 2.54. The first kappa shape index (κ1) is 13.0. The van der Waals surface area contributed by atoms with Crippen LogP contribution in [0.2, 0.25) is 10.6 Å². The fraction of sp³-hybridized carbons (Fsp3) is 0.500. The molecule has 2 aromatic rings. The molecule has 1 saturated heterocycles. The van der Waals surface area contributed by atoms with Crippen LogP contribution in [0.4, 0.5) is 0 Å². The van der Waals surface area contributed by atoms with Crippen LogP contribution in [0.25, 0.3) is 11.2 Å². The molecule has 1 aliphatic rings. The number of nitrogens with zero attached hydrogens (tertiary/aromatic N) is 4. The number of fused-ring (bicyclic) bond motifs is 1. The van der Waals surface area contributed by atoms with Gasteiger partial charge < -0.3 is 14.9 Å².